The number of aromatic nitrogens is 1. The molecule has 1 amide bonds. The summed E-state index contributed by atoms with van der Waals surface area (Å²) in [6, 6.07) is 11.7. The van der Waals surface area contributed by atoms with E-state index in [0.717, 1.165) is 22.8 Å². The molecule has 0 saturated heterocycles. The average molecular weight is 411 g/mol. The number of methoxy groups -OCH3 is 1. The predicted octanol–water partition coefficient (Wildman–Crippen LogP) is 5.54. The number of aryl methyl sites for hydroxylation is 3. The van der Waals surface area contributed by atoms with Crippen molar-refractivity contribution in [3.63, 3.8) is 0 Å². The quantitative estimate of drug-likeness (QED) is 0.495. The van der Waals surface area contributed by atoms with Gasteiger partial charge in [-0.1, -0.05) is 17.7 Å². The fourth-order valence-electron chi connectivity index (χ4n) is 3.31. The maximum atomic E-state index is 12.2. The SMILES string of the molecule is COc1ccc(OCCCC(=O)Nc2nc(-c3c(C)cc(C)cc3C)cs2)cc1. The molecule has 2 aromatic carbocycles. The highest BCUT2D eigenvalue weighted by molar-refractivity contribution is 7.14. The first kappa shape index (κ1) is 20.9. The number of thiazole rings is 1. The summed E-state index contributed by atoms with van der Waals surface area (Å²) < 4.78 is 10.8. The molecule has 3 aromatic rings. The number of hydrogen-bond acceptors (Lipinski definition) is 5. The minimum absolute atomic E-state index is 0.0541. The second-order valence-electron chi connectivity index (χ2n) is 6.99. The smallest absolute Gasteiger partial charge is 0.226 e. The van der Waals surface area contributed by atoms with Crippen LogP contribution in [0.2, 0.25) is 0 Å². The summed E-state index contributed by atoms with van der Waals surface area (Å²) in [4.78, 5) is 16.8. The van der Waals surface area contributed by atoms with E-state index in [9.17, 15) is 4.79 Å². The van der Waals surface area contributed by atoms with Gasteiger partial charge in [0.15, 0.2) is 5.13 Å². The lowest BCUT2D eigenvalue weighted by Gasteiger charge is -2.09. The number of rotatable bonds is 8. The zero-order valence-corrected chi connectivity index (χ0v) is 18.1. The van der Waals surface area contributed by atoms with Crippen molar-refractivity contribution in [3.05, 3.63) is 58.5 Å². The van der Waals surface area contributed by atoms with Crippen LogP contribution in [0.5, 0.6) is 11.5 Å². The van der Waals surface area contributed by atoms with Crippen LogP contribution in [0, 0.1) is 20.8 Å². The molecule has 0 aliphatic heterocycles. The fraction of sp³-hybridized carbons (Fsp3) is 0.304. The summed E-state index contributed by atoms with van der Waals surface area (Å²) in [7, 11) is 1.63. The van der Waals surface area contributed by atoms with Gasteiger partial charge < -0.3 is 14.8 Å². The number of anilines is 1. The summed E-state index contributed by atoms with van der Waals surface area (Å²) in [5, 5.41) is 5.51. The Balaban J connectivity index is 1.49. The highest BCUT2D eigenvalue weighted by Crippen LogP contribution is 2.31. The van der Waals surface area contributed by atoms with Crippen molar-refractivity contribution in [2.75, 3.05) is 19.0 Å². The molecule has 6 heteroatoms. The van der Waals surface area contributed by atoms with Gasteiger partial charge in [-0.25, -0.2) is 4.98 Å². The number of nitrogens with one attached hydrogen (secondary N) is 1. The van der Waals surface area contributed by atoms with Gasteiger partial charge in [0, 0.05) is 17.4 Å². The van der Waals surface area contributed by atoms with Crippen molar-refractivity contribution < 1.29 is 14.3 Å². The molecule has 0 spiro atoms. The van der Waals surface area contributed by atoms with Gasteiger partial charge in [-0.05, 0) is 62.6 Å². The van der Waals surface area contributed by atoms with Crippen LogP contribution >= 0.6 is 11.3 Å². The Labute approximate surface area is 175 Å². The van der Waals surface area contributed by atoms with E-state index >= 15 is 0 Å². The Morgan fingerprint density at radius 2 is 1.72 bits per heavy atom. The van der Waals surface area contributed by atoms with Crippen LogP contribution in [-0.4, -0.2) is 24.6 Å². The Hall–Kier alpha value is -2.86. The molecule has 1 heterocycles. The summed E-state index contributed by atoms with van der Waals surface area (Å²) >= 11 is 1.45. The first-order valence-corrected chi connectivity index (χ1v) is 10.4. The van der Waals surface area contributed by atoms with Gasteiger partial charge in [-0.15, -0.1) is 11.3 Å². The molecule has 0 aliphatic carbocycles. The lowest BCUT2D eigenvalue weighted by molar-refractivity contribution is -0.116. The van der Waals surface area contributed by atoms with Gasteiger partial charge in [0.05, 0.1) is 19.4 Å². The third kappa shape index (κ3) is 5.57. The average Bonchev–Trinajstić information content (AvgIpc) is 3.12. The second kappa shape index (κ2) is 9.56. The van der Waals surface area contributed by atoms with E-state index < -0.39 is 0 Å². The van der Waals surface area contributed by atoms with Crippen LogP contribution in [0.3, 0.4) is 0 Å². The summed E-state index contributed by atoms with van der Waals surface area (Å²) in [5.41, 5.74) is 5.68. The first-order chi connectivity index (χ1) is 14.0. The molecule has 0 radical (unpaired) electrons. The van der Waals surface area contributed by atoms with Gasteiger partial charge in [0.2, 0.25) is 5.91 Å². The molecule has 0 saturated carbocycles. The van der Waals surface area contributed by atoms with Crippen LogP contribution < -0.4 is 14.8 Å². The third-order valence-corrected chi connectivity index (χ3v) is 5.32. The molecular formula is C23H26N2O3S. The molecule has 0 fully saturated rings. The molecule has 3 rings (SSSR count). The number of nitrogens with zero attached hydrogens (tertiary/aromatic N) is 1. The summed E-state index contributed by atoms with van der Waals surface area (Å²) in [6.07, 6.45) is 1.01. The first-order valence-electron chi connectivity index (χ1n) is 9.56. The molecule has 0 unspecified atom stereocenters. The Kier molecular flexibility index (Phi) is 6.88. The second-order valence-corrected chi connectivity index (χ2v) is 7.85. The van der Waals surface area contributed by atoms with Gasteiger partial charge >= 0.3 is 0 Å². The number of carbonyl (C=O) groups excluding carboxylic acids is 1. The van der Waals surface area contributed by atoms with Crippen LogP contribution in [0.1, 0.15) is 29.5 Å². The number of ether oxygens (including phenoxy) is 2. The van der Waals surface area contributed by atoms with Crippen molar-refractivity contribution in [3.8, 4) is 22.8 Å². The van der Waals surface area contributed by atoms with E-state index in [0.29, 0.717) is 24.6 Å². The molecule has 0 atom stereocenters. The Morgan fingerprint density at radius 3 is 2.38 bits per heavy atom. The lowest BCUT2D eigenvalue weighted by Crippen LogP contribution is -2.12. The Bertz CT molecular complexity index is 957. The van der Waals surface area contributed by atoms with Crippen molar-refractivity contribution in [1.29, 1.82) is 0 Å². The van der Waals surface area contributed by atoms with Gasteiger partial charge in [0.1, 0.15) is 11.5 Å². The molecule has 152 valence electrons. The topological polar surface area (TPSA) is 60.5 Å². The van der Waals surface area contributed by atoms with Crippen LogP contribution in [-0.2, 0) is 4.79 Å². The van der Waals surface area contributed by atoms with Crippen LogP contribution in [0.15, 0.2) is 41.8 Å². The van der Waals surface area contributed by atoms with E-state index in [-0.39, 0.29) is 5.91 Å². The standard InChI is InChI=1S/C23H26N2O3S/c1-15-12-16(2)22(17(3)13-15)20-14-29-23(24-20)25-21(26)6-5-11-28-19-9-7-18(27-4)8-10-19/h7-10,12-14H,5-6,11H2,1-4H3,(H,24,25,26). The van der Waals surface area contributed by atoms with E-state index in [2.05, 4.69) is 43.2 Å². The molecule has 29 heavy (non-hydrogen) atoms. The van der Waals surface area contributed by atoms with Gasteiger partial charge in [0.25, 0.3) is 0 Å². The van der Waals surface area contributed by atoms with E-state index in [4.69, 9.17) is 9.47 Å². The zero-order valence-electron chi connectivity index (χ0n) is 17.2. The highest BCUT2D eigenvalue weighted by atomic mass is 32.1. The van der Waals surface area contributed by atoms with Crippen molar-refractivity contribution in [2.45, 2.75) is 33.6 Å². The lowest BCUT2D eigenvalue weighted by atomic mass is 9.98. The van der Waals surface area contributed by atoms with Crippen molar-refractivity contribution >= 4 is 22.4 Å². The normalized spacial score (nSPS) is 10.6. The Morgan fingerprint density at radius 1 is 1.07 bits per heavy atom. The highest BCUT2D eigenvalue weighted by Gasteiger charge is 2.12. The predicted molar refractivity (Wildman–Crippen MR) is 118 cm³/mol. The van der Waals surface area contributed by atoms with Crippen molar-refractivity contribution in [1.82, 2.24) is 4.98 Å². The largest absolute Gasteiger partial charge is 0.497 e. The molecule has 0 aliphatic rings. The maximum absolute atomic E-state index is 12.2. The monoisotopic (exact) mass is 410 g/mol. The van der Waals surface area contributed by atoms with Gasteiger partial charge in [-0.2, -0.15) is 0 Å². The molecule has 1 N–H and O–H groups in total. The number of amides is 1. The zero-order chi connectivity index (χ0) is 20.8. The summed E-state index contributed by atoms with van der Waals surface area (Å²) in [6.45, 7) is 6.75. The number of hydrogen-bond donors (Lipinski definition) is 1. The number of carbonyl (C=O) groups is 1. The van der Waals surface area contributed by atoms with E-state index in [1.807, 2.05) is 29.6 Å². The number of benzene rings is 2. The minimum Gasteiger partial charge on any atom is -0.497 e. The molecular weight excluding hydrogens is 384 g/mol. The third-order valence-electron chi connectivity index (χ3n) is 4.56. The van der Waals surface area contributed by atoms with Crippen LogP contribution in [0.25, 0.3) is 11.3 Å². The van der Waals surface area contributed by atoms with Gasteiger partial charge in [-0.3, -0.25) is 4.79 Å². The van der Waals surface area contributed by atoms with Crippen molar-refractivity contribution in [2.24, 2.45) is 0 Å². The molecule has 1 aromatic heterocycles. The van der Waals surface area contributed by atoms with E-state index in [1.54, 1.807) is 7.11 Å². The molecule has 0 bridgehead atoms. The summed E-state index contributed by atoms with van der Waals surface area (Å²) in [5.74, 6) is 1.50. The fourth-order valence-corrected chi connectivity index (χ4v) is 4.02. The van der Waals surface area contributed by atoms with E-state index in [1.165, 1.54) is 28.0 Å². The maximum Gasteiger partial charge on any atom is 0.226 e. The van der Waals surface area contributed by atoms with Crippen LogP contribution in [0.4, 0.5) is 5.13 Å². The molecule has 5 nitrogen and oxygen atoms in total. The minimum atomic E-state index is -0.0541.